The maximum Gasteiger partial charge on any atom is 0.407 e. The summed E-state index contributed by atoms with van der Waals surface area (Å²) in [6.45, 7) is 11.6. The third kappa shape index (κ3) is 10.8. The van der Waals surface area contributed by atoms with E-state index < -0.39 is 22.5 Å². The largest absolute Gasteiger partial charge is 0.444 e. The molecule has 0 saturated heterocycles. The van der Waals surface area contributed by atoms with Crippen molar-refractivity contribution >= 4 is 16.9 Å². The Hall–Kier alpha value is -1.62. The fourth-order valence-corrected chi connectivity index (χ4v) is 3.33. The van der Waals surface area contributed by atoms with Gasteiger partial charge in [-0.2, -0.15) is 0 Å². The lowest BCUT2D eigenvalue weighted by atomic mass is 9.98. The van der Waals surface area contributed by atoms with E-state index in [-0.39, 0.29) is 11.5 Å². The summed E-state index contributed by atoms with van der Waals surface area (Å²) in [4.78, 5) is 12.1. The van der Waals surface area contributed by atoms with Gasteiger partial charge in [0.1, 0.15) is 5.60 Å². The fraction of sp³-hybridized carbons (Fsp3) is 0.550. The number of carbonyl (C=O) groups is 1. The predicted octanol–water partition coefficient (Wildman–Crippen LogP) is 4.43. The van der Waals surface area contributed by atoms with Crippen molar-refractivity contribution in [3.63, 3.8) is 0 Å². The van der Waals surface area contributed by atoms with Crippen molar-refractivity contribution in [2.75, 3.05) is 5.75 Å². The summed E-state index contributed by atoms with van der Waals surface area (Å²) < 4.78 is 17.7. The quantitative estimate of drug-likeness (QED) is 0.811. The van der Waals surface area contributed by atoms with Crippen LogP contribution in [-0.4, -0.2) is 27.7 Å². The second kappa shape index (κ2) is 9.18. The molecule has 1 rings (SSSR count). The van der Waals surface area contributed by atoms with E-state index in [2.05, 4.69) is 26.1 Å². The fourth-order valence-electron chi connectivity index (χ4n) is 2.06. The van der Waals surface area contributed by atoms with E-state index in [1.54, 1.807) is 5.41 Å². The van der Waals surface area contributed by atoms with Gasteiger partial charge in [-0.25, -0.2) is 4.79 Å². The van der Waals surface area contributed by atoms with Crippen molar-refractivity contribution in [2.45, 2.75) is 59.6 Å². The molecular formula is C20H31NO3S. The molecule has 0 aliphatic carbocycles. The standard InChI is InChI=1S/C20H31NO3S/c1-19(2,3)12-13-25(23)15-17(14-16-10-8-7-9-11-16)21-18(22)24-20(4,5)6/h7-13,17H,14-15H2,1-6H3,(H,21,22)/b13-12+/t17-,25-/m0/s1. The van der Waals surface area contributed by atoms with E-state index in [9.17, 15) is 9.00 Å². The molecule has 1 N–H and O–H groups in total. The maximum absolute atomic E-state index is 12.4. The molecule has 0 saturated carbocycles. The third-order valence-corrected chi connectivity index (χ3v) is 4.30. The molecule has 0 radical (unpaired) electrons. The van der Waals surface area contributed by atoms with Crippen molar-refractivity contribution < 1.29 is 13.7 Å². The minimum Gasteiger partial charge on any atom is -0.444 e. The van der Waals surface area contributed by atoms with Gasteiger partial charge in [-0.05, 0) is 43.6 Å². The number of amides is 1. The Morgan fingerprint density at radius 2 is 1.76 bits per heavy atom. The van der Waals surface area contributed by atoms with Gasteiger partial charge in [0.2, 0.25) is 0 Å². The molecule has 0 fully saturated rings. The summed E-state index contributed by atoms with van der Waals surface area (Å²) in [7, 11) is -1.16. The van der Waals surface area contributed by atoms with Crippen LogP contribution < -0.4 is 5.32 Å². The molecule has 140 valence electrons. The van der Waals surface area contributed by atoms with Crippen LogP contribution in [0.5, 0.6) is 0 Å². The van der Waals surface area contributed by atoms with Gasteiger partial charge in [-0.15, -0.1) is 0 Å². The van der Waals surface area contributed by atoms with Crippen LogP contribution in [0.25, 0.3) is 0 Å². The molecule has 1 aromatic rings. The van der Waals surface area contributed by atoms with Gasteiger partial charge in [0.25, 0.3) is 0 Å². The predicted molar refractivity (Wildman–Crippen MR) is 105 cm³/mol. The van der Waals surface area contributed by atoms with Crippen LogP contribution in [0.15, 0.2) is 41.8 Å². The van der Waals surface area contributed by atoms with E-state index in [0.717, 1.165) is 5.56 Å². The average Bonchev–Trinajstić information content (AvgIpc) is 2.43. The zero-order valence-electron chi connectivity index (χ0n) is 16.2. The maximum atomic E-state index is 12.4. The number of rotatable bonds is 6. The van der Waals surface area contributed by atoms with Gasteiger partial charge in [0.05, 0.1) is 0 Å². The number of alkyl carbamates (subject to hydrolysis) is 1. The SMILES string of the molecule is CC(C)(C)/C=C/[S@](=O)C[C@H](Cc1ccccc1)NC(=O)OC(C)(C)C. The number of benzene rings is 1. The van der Waals surface area contributed by atoms with Gasteiger partial charge in [-0.1, -0.05) is 57.2 Å². The molecule has 1 amide bonds. The van der Waals surface area contributed by atoms with Crippen LogP contribution >= 0.6 is 0 Å². The number of hydrogen-bond donors (Lipinski definition) is 1. The normalized spacial score (nSPS) is 15.0. The molecule has 0 unspecified atom stereocenters. The Morgan fingerprint density at radius 3 is 2.28 bits per heavy atom. The number of nitrogens with one attached hydrogen (secondary N) is 1. The Bertz CT molecular complexity index is 598. The Morgan fingerprint density at radius 1 is 1.16 bits per heavy atom. The molecule has 0 aliphatic rings. The molecule has 0 spiro atoms. The van der Waals surface area contributed by atoms with Crippen LogP contribution in [-0.2, 0) is 22.0 Å². The smallest absolute Gasteiger partial charge is 0.407 e. The monoisotopic (exact) mass is 365 g/mol. The summed E-state index contributed by atoms with van der Waals surface area (Å²) >= 11 is 0. The zero-order chi connectivity index (χ0) is 19.1. The van der Waals surface area contributed by atoms with Gasteiger partial charge >= 0.3 is 6.09 Å². The van der Waals surface area contributed by atoms with Gasteiger partial charge in [0.15, 0.2) is 0 Å². The molecular weight excluding hydrogens is 334 g/mol. The number of allylic oxidation sites excluding steroid dienone is 1. The lowest BCUT2D eigenvalue weighted by molar-refractivity contribution is 0.0509. The second-order valence-electron chi connectivity index (χ2n) is 8.25. The van der Waals surface area contributed by atoms with Crippen molar-refractivity contribution in [1.82, 2.24) is 5.32 Å². The summed E-state index contributed by atoms with van der Waals surface area (Å²) in [5.74, 6) is 0.348. The summed E-state index contributed by atoms with van der Waals surface area (Å²) in [5.41, 5.74) is 0.496. The third-order valence-electron chi connectivity index (χ3n) is 3.13. The highest BCUT2D eigenvalue weighted by molar-refractivity contribution is 7.88. The molecule has 0 aromatic heterocycles. The Labute approximate surface area is 154 Å². The molecule has 5 heteroatoms. The van der Waals surface area contributed by atoms with E-state index in [1.807, 2.05) is 57.2 Å². The van der Waals surface area contributed by atoms with Crippen molar-refractivity contribution in [3.8, 4) is 0 Å². The highest BCUT2D eigenvalue weighted by Gasteiger charge is 2.21. The topological polar surface area (TPSA) is 55.4 Å². The van der Waals surface area contributed by atoms with Crippen LogP contribution in [0, 0.1) is 5.41 Å². The van der Waals surface area contributed by atoms with E-state index >= 15 is 0 Å². The van der Waals surface area contributed by atoms with Gasteiger partial charge in [-0.3, -0.25) is 4.21 Å². The van der Waals surface area contributed by atoms with Gasteiger partial charge < -0.3 is 10.1 Å². The molecule has 0 heterocycles. The summed E-state index contributed by atoms with van der Waals surface area (Å²) in [6, 6.07) is 9.59. The van der Waals surface area contributed by atoms with Crippen molar-refractivity contribution in [2.24, 2.45) is 5.41 Å². The Balaban J connectivity index is 2.78. The van der Waals surface area contributed by atoms with E-state index in [0.29, 0.717) is 12.2 Å². The summed E-state index contributed by atoms with van der Waals surface area (Å²) in [6.07, 6.45) is 2.07. The molecule has 0 aliphatic heterocycles. The number of carbonyl (C=O) groups excluding carboxylic acids is 1. The first-order chi connectivity index (χ1) is 11.4. The first-order valence-corrected chi connectivity index (χ1v) is 9.93. The lowest BCUT2D eigenvalue weighted by Crippen LogP contribution is -2.42. The first-order valence-electron chi connectivity index (χ1n) is 8.54. The molecule has 25 heavy (non-hydrogen) atoms. The van der Waals surface area contributed by atoms with Crippen molar-refractivity contribution in [3.05, 3.63) is 47.4 Å². The van der Waals surface area contributed by atoms with Crippen LogP contribution in [0.2, 0.25) is 0 Å². The first kappa shape index (κ1) is 21.4. The molecule has 4 nitrogen and oxygen atoms in total. The summed E-state index contributed by atoms with van der Waals surface area (Å²) in [5, 5.41) is 4.58. The minimum absolute atomic E-state index is 0.0246. The number of ether oxygens (including phenoxy) is 1. The van der Waals surface area contributed by atoms with E-state index in [1.165, 1.54) is 0 Å². The van der Waals surface area contributed by atoms with Crippen LogP contribution in [0.3, 0.4) is 0 Å². The number of hydrogen-bond acceptors (Lipinski definition) is 3. The zero-order valence-corrected chi connectivity index (χ0v) is 17.0. The second-order valence-corrected chi connectivity index (χ2v) is 9.62. The lowest BCUT2D eigenvalue weighted by Gasteiger charge is -2.23. The average molecular weight is 366 g/mol. The highest BCUT2D eigenvalue weighted by Crippen LogP contribution is 2.15. The van der Waals surface area contributed by atoms with Crippen molar-refractivity contribution in [1.29, 1.82) is 0 Å². The molecule has 0 bridgehead atoms. The van der Waals surface area contributed by atoms with Gasteiger partial charge in [0, 0.05) is 22.6 Å². The minimum atomic E-state index is -1.16. The van der Waals surface area contributed by atoms with Crippen LogP contribution in [0.4, 0.5) is 4.79 Å². The van der Waals surface area contributed by atoms with E-state index in [4.69, 9.17) is 4.74 Å². The Kier molecular flexibility index (Phi) is 7.87. The highest BCUT2D eigenvalue weighted by atomic mass is 32.2. The molecule has 2 atom stereocenters. The molecule has 1 aromatic carbocycles. The van der Waals surface area contributed by atoms with Crippen LogP contribution in [0.1, 0.15) is 47.1 Å².